The number of carbonyl (C=O) groups is 1. The minimum absolute atomic E-state index is 0.0364. The number of likely N-dealkylation sites (tertiary alicyclic amines) is 1. The Labute approximate surface area is 162 Å². The average molecular weight is 376 g/mol. The predicted molar refractivity (Wildman–Crippen MR) is 106 cm³/mol. The molecule has 0 aliphatic carbocycles. The number of aromatic hydroxyl groups is 1. The van der Waals surface area contributed by atoms with Crippen molar-refractivity contribution in [1.82, 2.24) is 14.9 Å². The van der Waals surface area contributed by atoms with Gasteiger partial charge in [0.15, 0.2) is 5.82 Å². The van der Waals surface area contributed by atoms with E-state index in [-0.39, 0.29) is 11.8 Å². The summed E-state index contributed by atoms with van der Waals surface area (Å²) in [6.45, 7) is 0.893. The Hall–Kier alpha value is -3.61. The highest BCUT2D eigenvalue weighted by Gasteiger charge is 2.27. The van der Waals surface area contributed by atoms with Gasteiger partial charge in [0.1, 0.15) is 11.6 Å². The molecule has 142 valence electrons. The average Bonchev–Trinajstić information content (AvgIpc) is 3.18. The van der Waals surface area contributed by atoms with Gasteiger partial charge in [-0.05, 0) is 24.1 Å². The SMILES string of the molecule is O=C(O)N1CCC(Nc2nc(-c3ccccc3O)ncc2-c2ccccc2)C1. The van der Waals surface area contributed by atoms with E-state index in [1.807, 2.05) is 36.4 Å². The molecule has 7 nitrogen and oxygen atoms in total. The molecule has 3 aromatic rings. The number of amides is 1. The lowest BCUT2D eigenvalue weighted by atomic mass is 10.1. The Balaban J connectivity index is 1.71. The molecule has 1 aliphatic rings. The smallest absolute Gasteiger partial charge is 0.407 e. The van der Waals surface area contributed by atoms with Crippen molar-refractivity contribution in [3.8, 4) is 28.3 Å². The lowest BCUT2D eigenvalue weighted by Gasteiger charge is -2.18. The Bertz CT molecular complexity index is 994. The normalized spacial score (nSPS) is 16.1. The number of aromatic nitrogens is 2. The Morgan fingerprint density at radius 1 is 1.07 bits per heavy atom. The highest BCUT2D eigenvalue weighted by atomic mass is 16.4. The van der Waals surface area contributed by atoms with Crippen LogP contribution in [0.15, 0.2) is 60.8 Å². The molecule has 1 aliphatic heterocycles. The quantitative estimate of drug-likeness (QED) is 0.642. The standard InChI is InChI=1S/C21H20N4O3/c26-18-9-5-4-8-16(18)19-22-12-17(14-6-2-1-3-7-14)20(24-19)23-15-10-11-25(13-15)21(27)28/h1-9,12,15,26H,10-11,13H2,(H,27,28)(H,22,23,24). The van der Waals surface area contributed by atoms with Gasteiger partial charge in [-0.25, -0.2) is 14.8 Å². The molecule has 2 heterocycles. The number of rotatable bonds is 4. The maximum Gasteiger partial charge on any atom is 0.407 e. The van der Waals surface area contributed by atoms with Crippen LogP contribution in [0.1, 0.15) is 6.42 Å². The fourth-order valence-corrected chi connectivity index (χ4v) is 3.36. The first-order valence-electron chi connectivity index (χ1n) is 9.07. The number of nitrogens with zero attached hydrogens (tertiary/aromatic N) is 3. The molecule has 0 saturated carbocycles. The van der Waals surface area contributed by atoms with E-state index in [2.05, 4.69) is 15.3 Å². The molecule has 7 heteroatoms. The number of benzene rings is 2. The molecule has 1 saturated heterocycles. The van der Waals surface area contributed by atoms with Gasteiger partial charge in [-0.2, -0.15) is 0 Å². The zero-order valence-electron chi connectivity index (χ0n) is 15.1. The number of phenols is 1. The zero-order valence-corrected chi connectivity index (χ0v) is 15.1. The summed E-state index contributed by atoms with van der Waals surface area (Å²) >= 11 is 0. The molecule has 1 unspecified atom stereocenters. The summed E-state index contributed by atoms with van der Waals surface area (Å²) in [7, 11) is 0. The summed E-state index contributed by atoms with van der Waals surface area (Å²) in [4.78, 5) is 21.7. The summed E-state index contributed by atoms with van der Waals surface area (Å²) in [6, 6.07) is 16.7. The van der Waals surface area contributed by atoms with Gasteiger partial charge in [-0.1, -0.05) is 42.5 Å². The van der Waals surface area contributed by atoms with Crippen LogP contribution in [0.3, 0.4) is 0 Å². The first-order valence-corrected chi connectivity index (χ1v) is 9.07. The summed E-state index contributed by atoms with van der Waals surface area (Å²) in [6.07, 6.45) is 1.53. The fourth-order valence-electron chi connectivity index (χ4n) is 3.36. The Morgan fingerprint density at radius 3 is 2.54 bits per heavy atom. The molecular formula is C21H20N4O3. The van der Waals surface area contributed by atoms with Crippen LogP contribution in [-0.2, 0) is 0 Å². The fraction of sp³-hybridized carbons (Fsp3) is 0.190. The summed E-state index contributed by atoms with van der Waals surface area (Å²) < 4.78 is 0. The van der Waals surface area contributed by atoms with Gasteiger partial charge in [-0.3, -0.25) is 0 Å². The van der Waals surface area contributed by atoms with E-state index in [0.29, 0.717) is 36.7 Å². The molecule has 4 rings (SSSR count). The van der Waals surface area contributed by atoms with Crippen molar-refractivity contribution in [3.63, 3.8) is 0 Å². The van der Waals surface area contributed by atoms with Crippen molar-refractivity contribution in [1.29, 1.82) is 0 Å². The van der Waals surface area contributed by atoms with E-state index in [0.717, 1.165) is 11.1 Å². The molecule has 0 bridgehead atoms. The molecule has 1 atom stereocenters. The minimum atomic E-state index is -0.912. The van der Waals surface area contributed by atoms with Crippen molar-refractivity contribution in [2.24, 2.45) is 0 Å². The lowest BCUT2D eigenvalue weighted by Crippen LogP contribution is -2.30. The van der Waals surface area contributed by atoms with Crippen molar-refractivity contribution in [3.05, 3.63) is 60.8 Å². The maximum atomic E-state index is 11.2. The topological polar surface area (TPSA) is 98.6 Å². The van der Waals surface area contributed by atoms with Gasteiger partial charge >= 0.3 is 6.09 Å². The van der Waals surface area contributed by atoms with Crippen molar-refractivity contribution < 1.29 is 15.0 Å². The second-order valence-electron chi connectivity index (χ2n) is 6.70. The van der Waals surface area contributed by atoms with E-state index in [4.69, 9.17) is 0 Å². The highest BCUT2D eigenvalue weighted by Crippen LogP contribution is 2.32. The van der Waals surface area contributed by atoms with Crippen molar-refractivity contribution in [2.45, 2.75) is 12.5 Å². The third kappa shape index (κ3) is 3.59. The van der Waals surface area contributed by atoms with Crippen molar-refractivity contribution >= 4 is 11.9 Å². The number of hydrogen-bond acceptors (Lipinski definition) is 5. The number of carboxylic acid groups (broad SMARTS) is 1. The van der Waals surface area contributed by atoms with Crippen LogP contribution in [0.4, 0.5) is 10.6 Å². The van der Waals surface area contributed by atoms with Gasteiger partial charge in [0.2, 0.25) is 0 Å². The third-order valence-corrected chi connectivity index (χ3v) is 4.82. The Kier molecular flexibility index (Phi) is 4.80. The van der Waals surface area contributed by atoms with Crippen LogP contribution in [0.25, 0.3) is 22.5 Å². The molecule has 1 fully saturated rings. The lowest BCUT2D eigenvalue weighted by molar-refractivity contribution is 0.155. The van der Waals surface area contributed by atoms with Gasteiger partial charge in [-0.15, -0.1) is 0 Å². The molecule has 1 amide bonds. The number of phenolic OH excluding ortho intramolecular Hbond substituents is 1. The van der Waals surface area contributed by atoms with Gasteiger partial charge in [0.05, 0.1) is 5.56 Å². The predicted octanol–water partition coefficient (Wildman–Crippen LogP) is 3.68. The number of hydrogen-bond donors (Lipinski definition) is 3. The van der Waals surface area contributed by atoms with Crippen LogP contribution < -0.4 is 5.32 Å². The largest absolute Gasteiger partial charge is 0.507 e. The van der Waals surface area contributed by atoms with E-state index in [9.17, 15) is 15.0 Å². The van der Waals surface area contributed by atoms with Crippen LogP contribution in [0, 0.1) is 0 Å². The van der Waals surface area contributed by atoms with Crippen LogP contribution in [0.5, 0.6) is 5.75 Å². The van der Waals surface area contributed by atoms with Crippen LogP contribution >= 0.6 is 0 Å². The van der Waals surface area contributed by atoms with Crippen LogP contribution in [0.2, 0.25) is 0 Å². The molecular weight excluding hydrogens is 356 g/mol. The molecule has 28 heavy (non-hydrogen) atoms. The maximum absolute atomic E-state index is 11.2. The monoisotopic (exact) mass is 376 g/mol. The number of nitrogens with one attached hydrogen (secondary N) is 1. The number of para-hydroxylation sites is 1. The second-order valence-corrected chi connectivity index (χ2v) is 6.70. The molecule has 2 aromatic carbocycles. The summed E-state index contributed by atoms with van der Waals surface area (Å²) in [5, 5.41) is 22.7. The van der Waals surface area contributed by atoms with Gasteiger partial charge < -0.3 is 20.4 Å². The van der Waals surface area contributed by atoms with E-state index >= 15 is 0 Å². The van der Waals surface area contributed by atoms with Crippen LogP contribution in [-0.4, -0.2) is 50.3 Å². The highest BCUT2D eigenvalue weighted by molar-refractivity contribution is 5.77. The molecule has 3 N–H and O–H groups in total. The number of anilines is 1. The zero-order chi connectivity index (χ0) is 19.5. The second kappa shape index (κ2) is 7.56. The Morgan fingerprint density at radius 2 is 1.82 bits per heavy atom. The van der Waals surface area contributed by atoms with Gasteiger partial charge in [0, 0.05) is 30.9 Å². The third-order valence-electron chi connectivity index (χ3n) is 4.82. The summed E-state index contributed by atoms with van der Waals surface area (Å²) in [5.74, 6) is 1.14. The van der Waals surface area contributed by atoms with Crippen molar-refractivity contribution in [2.75, 3.05) is 18.4 Å². The molecule has 0 spiro atoms. The molecule has 1 aromatic heterocycles. The first-order chi connectivity index (χ1) is 13.6. The molecule has 0 radical (unpaired) electrons. The minimum Gasteiger partial charge on any atom is -0.507 e. The van der Waals surface area contributed by atoms with E-state index in [1.165, 1.54) is 4.90 Å². The van der Waals surface area contributed by atoms with E-state index < -0.39 is 6.09 Å². The van der Waals surface area contributed by atoms with Gasteiger partial charge in [0.25, 0.3) is 0 Å². The summed E-state index contributed by atoms with van der Waals surface area (Å²) in [5.41, 5.74) is 2.33. The van der Waals surface area contributed by atoms with E-state index in [1.54, 1.807) is 24.4 Å². The first kappa shape index (κ1) is 17.8.